The number of amides is 2. The number of rotatable bonds is 4. The lowest BCUT2D eigenvalue weighted by Gasteiger charge is -2.14. The van der Waals surface area contributed by atoms with Crippen LogP contribution in [0.5, 0.6) is 17.2 Å². The minimum absolute atomic E-state index is 0.0947. The van der Waals surface area contributed by atoms with Gasteiger partial charge in [-0.1, -0.05) is 64.6 Å². The third-order valence-corrected chi connectivity index (χ3v) is 6.99. The van der Waals surface area contributed by atoms with Gasteiger partial charge in [-0.15, -0.1) is 0 Å². The lowest BCUT2D eigenvalue weighted by atomic mass is 10.0. The highest BCUT2D eigenvalue weighted by molar-refractivity contribution is 6.56. The van der Waals surface area contributed by atoms with E-state index in [9.17, 15) is 24.9 Å². The maximum atomic E-state index is 12.9. The molecular weight excluding hydrogens is 500 g/mol. The predicted molar refractivity (Wildman–Crippen MR) is 123 cm³/mol. The van der Waals surface area contributed by atoms with Gasteiger partial charge in [-0.25, -0.2) is 4.90 Å². The molecule has 0 saturated carbocycles. The average Bonchev–Trinajstić information content (AvgIpc) is 3.04. The van der Waals surface area contributed by atoms with E-state index in [0.29, 0.717) is 24.1 Å². The van der Waals surface area contributed by atoms with Crippen LogP contribution in [0.25, 0.3) is 0 Å². The lowest BCUT2D eigenvalue weighted by molar-refractivity contribution is 0.0926. The quantitative estimate of drug-likeness (QED) is 0.172. The molecule has 164 valence electrons. The molecule has 0 aromatic heterocycles. The van der Waals surface area contributed by atoms with Crippen molar-refractivity contribution in [2.75, 3.05) is 4.90 Å². The number of phenolic OH excluding ortho intramolecular Hbond substituents is 3. The van der Waals surface area contributed by atoms with Crippen molar-refractivity contribution >= 4 is 63.9 Å². The van der Waals surface area contributed by atoms with Crippen LogP contribution >= 0.6 is 46.4 Å². The molecule has 3 aromatic carbocycles. The number of hydrogen-bond acceptors (Lipinski definition) is 5. The van der Waals surface area contributed by atoms with Crippen LogP contribution in [0, 0.1) is 0 Å². The van der Waals surface area contributed by atoms with E-state index in [-0.39, 0.29) is 37.0 Å². The second kappa shape index (κ2) is 8.37. The number of benzene rings is 3. The van der Waals surface area contributed by atoms with Gasteiger partial charge in [0.15, 0.2) is 11.5 Å². The maximum Gasteiger partial charge on any atom is 0.267 e. The molecule has 0 saturated heterocycles. The van der Waals surface area contributed by atoms with Gasteiger partial charge in [0.2, 0.25) is 5.75 Å². The molecule has 3 aromatic rings. The molecule has 0 atom stereocenters. The lowest BCUT2D eigenvalue weighted by Crippen LogP contribution is -2.29. The SMILES string of the molecule is O=C1c2c(Cl)c(Cl)c(Cl)c(Cl)c2C(=O)N1c1ccc(CCc2ccc(O)c(O)c2O)cc1. The number of anilines is 1. The number of carbonyl (C=O) groups is 2. The van der Waals surface area contributed by atoms with Gasteiger partial charge in [0.05, 0.1) is 36.9 Å². The summed E-state index contributed by atoms with van der Waals surface area (Å²) in [5.74, 6) is -2.67. The first kappa shape index (κ1) is 22.6. The van der Waals surface area contributed by atoms with Gasteiger partial charge in [0.25, 0.3) is 11.8 Å². The molecule has 10 heteroatoms. The Balaban J connectivity index is 1.58. The predicted octanol–water partition coefficient (Wildman–Crippen LogP) is 6.00. The van der Waals surface area contributed by atoms with Gasteiger partial charge < -0.3 is 15.3 Å². The zero-order valence-corrected chi connectivity index (χ0v) is 19.0. The second-order valence-corrected chi connectivity index (χ2v) is 8.57. The maximum absolute atomic E-state index is 12.9. The third kappa shape index (κ3) is 3.53. The first-order valence-corrected chi connectivity index (χ1v) is 10.7. The Labute approximate surface area is 202 Å². The molecule has 1 aliphatic rings. The number of hydrogen-bond donors (Lipinski definition) is 3. The summed E-state index contributed by atoms with van der Waals surface area (Å²) in [7, 11) is 0. The Morgan fingerprint density at radius 1 is 0.656 bits per heavy atom. The normalized spacial score (nSPS) is 13.1. The Hall–Kier alpha value is -2.64. The van der Waals surface area contributed by atoms with E-state index in [4.69, 9.17) is 46.4 Å². The van der Waals surface area contributed by atoms with Gasteiger partial charge in [0, 0.05) is 0 Å². The summed E-state index contributed by atoms with van der Waals surface area (Å²) < 4.78 is 0. The van der Waals surface area contributed by atoms with Crippen molar-refractivity contribution in [1.29, 1.82) is 0 Å². The first-order valence-electron chi connectivity index (χ1n) is 9.19. The highest BCUT2D eigenvalue weighted by atomic mass is 35.5. The number of carbonyl (C=O) groups excluding carboxylic acids is 2. The van der Waals surface area contributed by atoms with Gasteiger partial charge in [-0.2, -0.15) is 0 Å². The van der Waals surface area contributed by atoms with E-state index >= 15 is 0 Å². The summed E-state index contributed by atoms with van der Waals surface area (Å²) in [6.45, 7) is 0. The zero-order valence-electron chi connectivity index (χ0n) is 16.0. The number of halogens is 4. The molecule has 0 spiro atoms. The Morgan fingerprint density at radius 2 is 1.19 bits per heavy atom. The second-order valence-electron chi connectivity index (χ2n) is 7.06. The number of imide groups is 1. The van der Waals surface area contributed by atoms with E-state index in [0.717, 1.165) is 10.5 Å². The summed E-state index contributed by atoms with van der Waals surface area (Å²) in [5, 5.41) is 28.5. The third-order valence-electron chi connectivity index (χ3n) is 5.19. The molecule has 4 rings (SSSR count). The molecule has 2 amide bonds. The minimum atomic E-state index is -0.660. The molecule has 0 aliphatic carbocycles. The van der Waals surface area contributed by atoms with Crippen molar-refractivity contribution in [3.63, 3.8) is 0 Å². The summed E-state index contributed by atoms with van der Waals surface area (Å²) in [4.78, 5) is 26.8. The number of nitrogens with zero attached hydrogens (tertiary/aromatic N) is 1. The molecule has 6 nitrogen and oxygen atoms in total. The van der Waals surface area contributed by atoms with E-state index in [1.54, 1.807) is 24.3 Å². The van der Waals surface area contributed by atoms with Crippen molar-refractivity contribution in [3.05, 3.63) is 78.7 Å². The molecule has 3 N–H and O–H groups in total. The van der Waals surface area contributed by atoms with E-state index in [1.807, 2.05) is 0 Å². The van der Waals surface area contributed by atoms with Gasteiger partial charge in [-0.05, 0) is 42.2 Å². The van der Waals surface area contributed by atoms with Crippen LogP contribution in [0.1, 0.15) is 31.8 Å². The standard InChI is InChI=1S/C22H13Cl4NO5/c23-15-13-14(16(24)18(26)17(15)25)22(32)27(21(13)31)11-6-2-9(3-7-11)1-4-10-5-8-12(28)20(30)19(10)29/h2-3,5-8,28-30H,1,4H2. The van der Waals surface area contributed by atoms with Crippen LogP contribution in [0.15, 0.2) is 36.4 Å². The fourth-order valence-corrected chi connectivity index (χ4v) is 4.50. The van der Waals surface area contributed by atoms with Gasteiger partial charge in [0.1, 0.15) is 0 Å². The summed E-state index contributed by atoms with van der Waals surface area (Å²) in [5.41, 5.74) is 1.43. The molecule has 1 aliphatic heterocycles. The molecule has 32 heavy (non-hydrogen) atoms. The van der Waals surface area contributed by atoms with Crippen molar-refractivity contribution in [1.82, 2.24) is 0 Å². The largest absolute Gasteiger partial charge is 0.504 e. The fourth-order valence-electron chi connectivity index (χ4n) is 3.49. The van der Waals surface area contributed by atoms with E-state index in [2.05, 4.69) is 0 Å². The van der Waals surface area contributed by atoms with Crippen molar-refractivity contribution in [2.24, 2.45) is 0 Å². The Kier molecular flexibility index (Phi) is 5.90. The monoisotopic (exact) mass is 511 g/mol. The van der Waals surface area contributed by atoms with E-state index < -0.39 is 23.3 Å². The Morgan fingerprint density at radius 3 is 1.72 bits per heavy atom. The van der Waals surface area contributed by atoms with Crippen LogP contribution in [-0.2, 0) is 12.8 Å². The van der Waals surface area contributed by atoms with Crippen molar-refractivity contribution in [3.8, 4) is 17.2 Å². The smallest absolute Gasteiger partial charge is 0.267 e. The molecule has 0 radical (unpaired) electrons. The van der Waals surface area contributed by atoms with Crippen molar-refractivity contribution in [2.45, 2.75) is 12.8 Å². The molecule has 1 heterocycles. The fraction of sp³-hybridized carbons (Fsp3) is 0.0909. The highest BCUT2D eigenvalue weighted by Gasteiger charge is 2.42. The number of aryl methyl sites for hydroxylation is 2. The zero-order chi connectivity index (χ0) is 23.3. The molecule has 0 fully saturated rings. The molecular formula is C22H13Cl4NO5. The van der Waals surface area contributed by atoms with Crippen LogP contribution < -0.4 is 4.90 Å². The van der Waals surface area contributed by atoms with Crippen LogP contribution in [0.4, 0.5) is 5.69 Å². The van der Waals surface area contributed by atoms with Crippen LogP contribution in [0.2, 0.25) is 20.1 Å². The van der Waals surface area contributed by atoms with Gasteiger partial charge in [-0.3, -0.25) is 9.59 Å². The summed E-state index contributed by atoms with van der Waals surface area (Å²) in [6, 6.07) is 9.44. The van der Waals surface area contributed by atoms with Gasteiger partial charge >= 0.3 is 0 Å². The van der Waals surface area contributed by atoms with Crippen molar-refractivity contribution < 1.29 is 24.9 Å². The molecule has 0 bridgehead atoms. The van der Waals surface area contributed by atoms with E-state index in [1.165, 1.54) is 12.1 Å². The van der Waals surface area contributed by atoms with Crippen LogP contribution in [-0.4, -0.2) is 27.1 Å². The topological polar surface area (TPSA) is 98.1 Å². The number of aromatic hydroxyl groups is 3. The summed E-state index contributed by atoms with van der Waals surface area (Å²) in [6.07, 6.45) is 0.872. The highest BCUT2D eigenvalue weighted by Crippen LogP contribution is 2.45. The number of fused-ring (bicyclic) bond motifs is 1. The first-order chi connectivity index (χ1) is 15.1. The summed E-state index contributed by atoms with van der Waals surface area (Å²) >= 11 is 24.4. The average molecular weight is 513 g/mol. The van der Waals surface area contributed by atoms with Crippen LogP contribution in [0.3, 0.4) is 0 Å². The number of phenols is 3. The Bertz CT molecular complexity index is 1240. The molecule has 0 unspecified atom stereocenters. The minimum Gasteiger partial charge on any atom is -0.504 e.